The lowest BCUT2D eigenvalue weighted by Crippen LogP contribution is -2.36. The van der Waals surface area contributed by atoms with Crippen molar-refractivity contribution < 1.29 is 0 Å². The largest absolute Gasteiger partial charge is 0.374 e. The number of halogens is 1. The topological polar surface area (TPSA) is 39.7 Å². The van der Waals surface area contributed by atoms with Gasteiger partial charge in [-0.15, -0.1) is 35.3 Å². The number of aryl methyl sites for hydroxylation is 1. The summed E-state index contributed by atoms with van der Waals surface area (Å²) >= 11 is 1.76. The summed E-state index contributed by atoms with van der Waals surface area (Å²) in [5.41, 5.74) is 4.14. The monoisotopic (exact) mass is 456 g/mol. The molecule has 0 saturated heterocycles. The molecule has 24 heavy (non-hydrogen) atoms. The molecule has 0 unspecified atom stereocenters. The lowest BCUT2D eigenvalue weighted by atomic mass is 9.99. The van der Waals surface area contributed by atoms with Gasteiger partial charge < -0.3 is 15.5 Å². The van der Waals surface area contributed by atoms with Crippen molar-refractivity contribution in [2.75, 3.05) is 25.5 Å². The van der Waals surface area contributed by atoms with Gasteiger partial charge in [0.25, 0.3) is 0 Å². The molecule has 0 saturated carbocycles. The fourth-order valence-corrected chi connectivity index (χ4v) is 3.58. The summed E-state index contributed by atoms with van der Waals surface area (Å²) in [6, 6.07) is 11.0. The van der Waals surface area contributed by atoms with E-state index < -0.39 is 0 Å². The zero-order valence-electron chi connectivity index (χ0n) is 14.2. The normalized spacial score (nSPS) is 13.9. The summed E-state index contributed by atoms with van der Waals surface area (Å²) in [6.45, 7) is 2.76. The molecule has 3 rings (SSSR count). The van der Waals surface area contributed by atoms with E-state index in [4.69, 9.17) is 0 Å². The van der Waals surface area contributed by atoms with Gasteiger partial charge in [0.05, 0.1) is 6.54 Å². The fraction of sp³-hybridized carbons (Fsp3) is 0.389. The third-order valence-electron chi connectivity index (χ3n) is 4.19. The lowest BCUT2D eigenvalue weighted by molar-refractivity contribution is 0.740. The fourth-order valence-electron chi connectivity index (χ4n) is 2.94. The van der Waals surface area contributed by atoms with Crippen LogP contribution in [0.25, 0.3) is 0 Å². The second-order valence-electron chi connectivity index (χ2n) is 5.85. The quantitative estimate of drug-likeness (QED) is 0.420. The predicted octanol–water partition coefficient (Wildman–Crippen LogP) is 3.61. The van der Waals surface area contributed by atoms with E-state index >= 15 is 0 Å². The Morgan fingerprint density at radius 2 is 2.08 bits per heavy atom. The molecular weight excluding hydrogens is 431 g/mol. The van der Waals surface area contributed by atoms with Gasteiger partial charge in [0.2, 0.25) is 0 Å². The van der Waals surface area contributed by atoms with Crippen LogP contribution in [0.15, 0.2) is 40.7 Å². The van der Waals surface area contributed by atoms with Gasteiger partial charge in [0, 0.05) is 37.7 Å². The van der Waals surface area contributed by atoms with Crippen LogP contribution in [0.1, 0.15) is 22.4 Å². The summed E-state index contributed by atoms with van der Waals surface area (Å²) in [6.07, 6.45) is 2.42. The Labute approximate surface area is 165 Å². The number of nitrogens with zero attached hydrogens (tertiary/aromatic N) is 2. The van der Waals surface area contributed by atoms with Crippen LogP contribution in [0.4, 0.5) is 5.69 Å². The SMILES string of the molecule is CN=C(NCc1ccc2c(c1)CCCN2C)NCc1cccs1.I. The smallest absolute Gasteiger partial charge is 0.191 e. The van der Waals surface area contributed by atoms with Crippen molar-refractivity contribution in [2.45, 2.75) is 25.9 Å². The Bertz CT molecular complexity index is 670. The Kier molecular flexibility index (Phi) is 7.36. The maximum absolute atomic E-state index is 4.29. The first-order chi connectivity index (χ1) is 11.3. The predicted molar refractivity (Wildman–Crippen MR) is 115 cm³/mol. The summed E-state index contributed by atoms with van der Waals surface area (Å²) in [7, 11) is 3.98. The van der Waals surface area contributed by atoms with Crippen LogP contribution >= 0.6 is 35.3 Å². The molecule has 0 aliphatic carbocycles. The second kappa shape index (κ2) is 9.27. The van der Waals surface area contributed by atoms with Crippen molar-refractivity contribution in [1.82, 2.24) is 10.6 Å². The third kappa shape index (κ3) is 4.86. The van der Waals surface area contributed by atoms with Crippen molar-refractivity contribution in [2.24, 2.45) is 4.99 Å². The van der Waals surface area contributed by atoms with Gasteiger partial charge in [-0.05, 0) is 41.5 Å². The van der Waals surface area contributed by atoms with Gasteiger partial charge in [0.15, 0.2) is 5.96 Å². The molecule has 2 heterocycles. The Morgan fingerprint density at radius 3 is 2.83 bits per heavy atom. The first-order valence-corrected chi connectivity index (χ1v) is 8.94. The van der Waals surface area contributed by atoms with Crippen LogP contribution < -0.4 is 15.5 Å². The standard InChI is InChI=1S/C18H24N4S.HI/c1-19-18(21-13-16-6-4-10-23-16)20-12-14-7-8-17-15(11-14)5-3-9-22(17)2;/h4,6-8,10-11H,3,5,9,12-13H2,1-2H3,(H2,19,20,21);1H. The Morgan fingerprint density at radius 1 is 1.25 bits per heavy atom. The third-order valence-corrected chi connectivity index (χ3v) is 5.06. The van der Waals surface area contributed by atoms with Crippen LogP contribution in [0.2, 0.25) is 0 Å². The minimum atomic E-state index is 0. The molecule has 2 N–H and O–H groups in total. The van der Waals surface area contributed by atoms with Gasteiger partial charge in [-0.2, -0.15) is 0 Å². The summed E-state index contributed by atoms with van der Waals surface area (Å²) < 4.78 is 0. The molecule has 0 radical (unpaired) electrons. The number of aliphatic imine (C=N–C) groups is 1. The van der Waals surface area contributed by atoms with E-state index in [1.165, 1.54) is 34.5 Å². The number of anilines is 1. The molecule has 1 aliphatic rings. The van der Waals surface area contributed by atoms with Gasteiger partial charge in [-0.1, -0.05) is 18.2 Å². The highest BCUT2D eigenvalue weighted by Crippen LogP contribution is 2.26. The van der Waals surface area contributed by atoms with E-state index in [0.29, 0.717) is 0 Å². The highest BCUT2D eigenvalue weighted by molar-refractivity contribution is 14.0. The minimum Gasteiger partial charge on any atom is -0.374 e. The number of hydrogen-bond acceptors (Lipinski definition) is 3. The molecule has 4 nitrogen and oxygen atoms in total. The minimum absolute atomic E-state index is 0. The highest BCUT2D eigenvalue weighted by atomic mass is 127. The molecule has 0 fully saturated rings. The molecule has 1 aromatic heterocycles. The average Bonchev–Trinajstić information content (AvgIpc) is 3.08. The summed E-state index contributed by atoms with van der Waals surface area (Å²) in [4.78, 5) is 7.95. The zero-order chi connectivity index (χ0) is 16.1. The molecule has 0 bridgehead atoms. The number of fused-ring (bicyclic) bond motifs is 1. The molecule has 0 spiro atoms. The number of thiophene rings is 1. The molecular formula is C18H25IN4S. The summed E-state index contributed by atoms with van der Waals surface area (Å²) in [5, 5.41) is 8.84. The zero-order valence-corrected chi connectivity index (χ0v) is 17.4. The van der Waals surface area contributed by atoms with E-state index in [2.05, 4.69) is 63.3 Å². The van der Waals surface area contributed by atoms with Gasteiger partial charge in [0.1, 0.15) is 0 Å². The van der Waals surface area contributed by atoms with E-state index in [9.17, 15) is 0 Å². The van der Waals surface area contributed by atoms with Crippen LogP contribution in [-0.2, 0) is 19.5 Å². The number of nitrogens with one attached hydrogen (secondary N) is 2. The van der Waals surface area contributed by atoms with E-state index in [0.717, 1.165) is 25.6 Å². The maximum Gasteiger partial charge on any atom is 0.191 e. The molecule has 6 heteroatoms. The first kappa shape index (κ1) is 19.1. The maximum atomic E-state index is 4.29. The molecule has 1 aliphatic heterocycles. The van der Waals surface area contributed by atoms with Crippen molar-refractivity contribution in [3.63, 3.8) is 0 Å². The number of guanidine groups is 1. The van der Waals surface area contributed by atoms with Crippen molar-refractivity contribution in [3.8, 4) is 0 Å². The molecule has 2 aromatic rings. The second-order valence-corrected chi connectivity index (χ2v) is 6.88. The van der Waals surface area contributed by atoms with Crippen molar-refractivity contribution >= 4 is 47.0 Å². The van der Waals surface area contributed by atoms with Gasteiger partial charge >= 0.3 is 0 Å². The van der Waals surface area contributed by atoms with Crippen LogP contribution in [0.3, 0.4) is 0 Å². The number of rotatable bonds is 4. The van der Waals surface area contributed by atoms with Crippen LogP contribution in [0, 0.1) is 0 Å². The molecule has 1 aromatic carbocycles. The van der Waals surface area contributed by atoms with Crippen LogP contribution in [0.5, 0.6) is 0 Å². The Hall–Kier alpha value is -1.28. The molecule has 0 amide bonds. The lowest BCUT2D eigenvalue weighted by Gasteiger charge is -2.28. The average molecular weight is 456 g/mol. The van der Waals surface area contributed by atoms with E-state index in [-0.39, 0.29) is 24.0 Å². The van der Waals surface area contributed by atoms with Gasteiger partial charge in [-0.25, -0.2) is 0 Å². The van der Waals surface area contributed by atoms with Gasteiger partial charge in [-0.3, -0.25) is 4.99 Å². The van der Waals surface area contributed by atoms with E-state index in [1.54, 1.807) is 11.3 Å². The van der Waals surface area contributed by atoms with E-state index in [1.807, 2.05) is 7.05 Å². The van der Waals surface area contributed by atoms with Crippen LogP contribution in [-0.4, -0.2) is 26.6 Å². The first-order valence-electron chi connectivity index (χ1n) is 8.06. The highest BCUT2D eigenvalue weighted by Gasteiger charge is 2.13. The molecule has 130 valence electrons. The Balaban J connectivity index is 0.00000208. The number of hydrogen-bond donors (Lipinski definition) is 2. The number of benzene rings is 1. The summed E-state index contributed by atoms with van der Waals surface area (Å²) in [5.74, 6) is 0.841. The van der Waals surface area contributed by atoms with Crippen molar-refractivity contribution in [3.05, 3.63) is 51.7 Å². The molecule has 0 atom stereocenters. The van der Waals surface area contributed by atoms with Crippen molar-refractivity contribution in [1.29, 1.82) is 0 Å².